The molecule has 0 atom stereocenters. The lowest BCUT2D eigenvalue weighted by Crippen LogP contribution is -2.46. The highest BCUT2D eigenvalue weighted by molar-refractivity contribution is 4.95. The molecule has 0 unspecified atom stereocenters. The first kappa shape index (κ1) is 16.3. The molecule has 2 saturated carbocycles. The van der Waals surface area contributed by atoms with E-state index < -0.39 is 0 Å². The molecule has 0 N–H and O–H groups in total. The Labute approximate surface area is 125 Å². The summed E-state index contributed by atoms with van der Waals surface area (Å²) >= 11 is 0. The van der Waals surface area contributed by atoms with Gasteiger partial charge in [0, 0.05) is 18.6 Å². The van der Waals surface area contributed by atoms with Crippen LogP contribution < -0.4 is 0 Å². The van der Waals surface area contributed by atoms with Crippen molar-refractivity contribution in [3.8, 4) is 0 Å². The van der Waals surface area contributed by atoms with Gasteiger partial charge >= 0.3 is 0 Å². The smallest absolute Gasteiger partial charge is 0.0549 e. The zero-order chi connectivity index (χ0) is 14.3. The molecule has 0 saturated heterocycles. The highest BCUT2D eigenvalue weighted by Crippen LogP contribution is 2.50. The minimum Gasteiger partial charge on any atom is -0.381 e. The summed E-state index contributed by atoms with van der Waals surface area (Å²) in [4.78, 5) is 0. The Hall–Kier alpha value is -0.0800. The van der Waals surface area contributed by atoms with E-state index in [0.29, 0.717) is 5.41 Å². The molecule has 2 fully saturated rings. The predicted octanol–water partition coefficient (Wildman–Crippen LogP) is 4.82. The number of hydrogen-bond acceptors (Lipinski definition) is 2. The summed E-state index contributed by atoms with van der Waals surface area (Å²) in [5.74, 6) is 1.67. The van der Waals surface area contributed by atoms with Crippen molar-refractivity contribution in [1.29, 1.82) is 0 Å². The topological polar surface area (TPSA) is 18.5 Å². The van der Waals surface area contributed by atoms with Crippen molar-refractivity contribution in [2.75, 3.05) is 26.4 Å². The van der Waals surface area contributed by atoms with Crippen LogP contribution in [0.5, 0.6) is 0 Å². The van der Waals surface area contributed by atoms with Gasteiger partial charge in [-0.25, -0.2) is 0 Å². The van der Waals surface area contributed by atoms with Gasteiger partial charge in [0.15, 0.2) is 0 Å². The van der Waals surface area contributed by atoms with E-state index in [1.54, 1.807) is 0 Å². The van der Waals surface area contributed by atoms with Gasteiger partial charge in [-0.15, -0.1) is 0 Å². The molecule has 0 aromatic rings. The zero-order valence-electron chi connectivity index (χ0n) is 13.7. The molecule has 0 radical (unpaired) electrons. The monoisotopic (exact) mass is 282 g/mol. The van der Waals surface area contributed by atoms with Crippen LogP contribution in [0, 0.1) is 17.3 Å². The molecule has 20 heavy (non-hydrogen) atoms. The molecule has 0 amide bonds. The van der Waals surface area contributed by atoms with Crippen LogP contribution in [-0.4, -0.2) is 26.4 Å². The average molecular weight is 282 g/mol. The molecule has 2 rings (SSSR count). The standard InChI is InChI=1S/C18H34O2/c1-3-19-14-18(15-20-4-2,17-12-8-9-13-17)16-10-6-5-7-11-16/h16-17H,3-15H2,1-2H3. The van der Waals surface area contributed by atoms with E-state index in [1.165, 1.54) is 57.8 Å². The van der Waals surface area contributed by atoms with Crippen LogP contribution in [0.25, 0.3) is 0 Å². The van der Waals surface area contributed by atoms with Gasteiger partial charge in [-0.3, -0.25) is 0 Å². The third-order valence-electron chi connectivity index (χ3n) is 5.74. The number of ether oxygens (including phenoxy) is 2. The lowest BCUT2D eigenvalue weighted by Gasteiger charge is -2.46. The fourth-order valence-corrected chi connectivity index (χ4v) is 4.61. The van der Waals surface area contributed by atoms with E-state index in [-0.39, 0.29) is 0 Å². The third kappa shape index (κ3) is 3.76. The second-order valence-electron chi connectivity index (χ2n) is 6.82. The minimum absolute atomic E-state index is 0.308. The van der Waals surface area contributed by atoms with E-state index in [0.717, 1.165) is 38.3 Å². The molecule has 2 aliphatic rings. The maximum Gasteiger partial charge on any atom is 0.0549 e. The Morgan fingerprint density at radius 2 is 1.10 bits per heavy atom. The summed E-state index contributed by atoms with van der Waals surface area (Å²) in [5.41, 5.74) is 0.308. The van der Waals surface area contributed by atoms with Crippen molar-refractivity contribution in [1.82, 2.24) is 0 Å². The highest BCUT2D eigenvalue weighted by atomic mass is 16.5. The number of rotatable bonds is 8. The Morgan fingerprint density at radius 3 is 1.50 bits per heavy atom. The maximum atomic E-state index is 5.98. The number of hydrogen-bond donors (Lipinski definition) is 0. The predicted molar refractivity (Wildman–Crippen MR) is 84.0 cm³/mol. The van der Waals surface area contributed by atoms with Crippen molar-refractivity contribution in [2.24, 2.45) is 17.3 Å². The van der Waals surface area contributed by atoms with Crippen molar-refractivity contribution >= 4 is 0 Å². The third-order valence-corrected chi connectivity index (χ3v) is 5.74. The lowest BCUT2D eigenvalue weighted by atomic mass is 9.62. The summed E-state index contributed by atoms with van der Waals surface area (Å²) < 4.78 is 12.0. The fourth-order valence-electron chi connectivity index (χ4n) is 4.61. The Bertz CT molecular complexity index is 244. The molecular formula is C18H34O2. The zero-order valence-corrected chi connectivity index (χ0v) is 13.7. The van der Waals surface area contributed by atoms with Crippen LogP contribution in [0.1, 0.15) is 71.6 Å². The van der Waals surface area contributed by atoms with E-state index in [1.807, 2.05) is 0 Å². The van der Waals surface area contributed by atoms with Crippen molar-refractivity contribution in [2.45, 2.75) is 71.6 Å². The molecule has 2 aliphatic carbocycles. The van der Waals surface area contributed by atoms with Crippen LogP contribution in [-0.2, 0) is 9.47 Å². The maximum absolute atomic E-state index is 5.98. The van der Waals surface area contributed by atoms with Crippen LogP contribution in [0.4, 0.5) is 0 Å². The summed E-state index contributed by atoms with van der Waals surface area (Å²) in [6.07, 6.45) is 12.7. The first-order valence-electron chi connectivity index (χ1n) is 8.99. The second-order valence-corrected chi connectivity index (χ2v) is 6.82. The molecule has 0 aliphatic heterocycles. The van der Waals surface area contributed by atoms with Crippen LogP contribution in [0.2, 0.25) is 0 Å². The summed E-state index contributed by atoms with van der Waals surface area (Å²) in [6, 6.07) is 0. The van der Waals surface area contributed by atoms with Gasteiger partial charge in [-0.2, -0.15) is 0 Å². The van der Waals surface area contributed by atoms with Crippen molar-refractivity contribution < 1.29 is 9.47 Å². The van der Waals surface area contributed by atoms with Gasteiger partial charge in [-0.05, 0) is 51.4 Å². The average Bonchev–Trinajstić information content (AvgIpc) is 3.04. The molecule has 0 heterocycles. The normalized spacial score (nSPS) is 22.5. The summed E-state index contributed by atoms with van der Waals surface area (Å²) in [6.45, 7) is 7.79. The quantitative estimate of drug-likeness (QED) is 0.635. The second kappa shape index (κ2) is 8.38. The first-order valence-corrected chi connectivity index (χ1v) is 8.99. The molecule has 2 heteroatoms. The van der Waals surface area contributed by atoms with Crippen molar-refractivity contribution in [3.63, 3.8) is 0 Å². The van der Waals surface area contributed by atoms with Crippen molar-refractivity contribution in [3.05, 3.63) is 0 Å². The molecule has 0 aromatic heterocycles. The SMILES string of the molecule is CCOCC(COCC)(C1CCCCC1)C1CCCC1. The van der Waals surface area contributed by atoms with Crippen LogP contribution >= 0.6 is 0 Å². The molecule has 118 valence electrons. The fraction of sp³-hybridized carbons (Fsp3) is 1.00. The summed E-state index contributed by atoms with van der Waals surface area (Å²) in [5, 5.41) is 0. The Morgan fingerprint density at radius 1 is 0.700 bits per heavy atom. The van der Waals surface area contributed by atoms with E-state index in [9.17, 15) is 0 Å². The minimum atomic E-state index is 0.308. The molecule has 0 bridgehead atoms. The van der Waals surface area contributed by atoms with E-state index in [4.69, 9.17) is 9.47 Å². The van der Waals surface area contributed by atoms with E-state index in [2.05, 4.69) is 13.8 Å². The molecule has 0 spiro atoms. The Kier molecular flexibility index (Phi) is 6.83. The Balaban J connectivity index is 2.15. The first-order chi connectivity index (χ1) is 9.83. The largest absolute Gasteiger partial charge is 0.381 e. The highest BCUT2D eigenvalue weighted by Gasteiger charge is 2.46. The molecule has 0 aromatic carbocycles. The lowest BCUT2D eigenvalue weighted by molar-refractivity contribution is -0.0941. The van der Waals surface area contributed by atoms with Gasteiger partial charge in [0.05, 0.1) is 13.2 Å². The van der Waals surface area contributed by atoms with Crippen LogP contribution in [0.3, 0.4) is 0 Å². The van der Waals surface area contributed by atoms with Gasteiger partial charge in [0.2, 0.25) is 0 Å². The molecule has 2 nitrogen and oxygen atoms in total. The summed E-state index contributed by atoms with van der Waals surface area (Å²) in [7, 11) is 0. The van der Waals surface area contributed by atoms with Gasteiger partial charge in [0.1, 0.15) is 0 Å². The van der Waals surface area contributed by atoms with Gasteiger partial charge in [-0.1, -0.05) is 32.1 Å². The van der Waals surface area contributed by atoms with Gasteiger partial charge < -0.3 is 9.47 Å². The molecular weight excluding hydrogens is 248 g/mol. The van der Waals surface area contributed by atoms with Gasteiger partial charge in [0.25, 0.3) is 0 Å². The van der Waals surface area contributed by atoms with E-state index >= 15 is 0 Å². The van der Waals surface area contributed by atoms with Crippen LogP contribution in [0.15, 0.2) is 0 Å².